The fourth-order valence-electron chi connectivity index (χ4n) is 1.63. The largest absolute Gasteiger partial charge is 0.307 e. The lowest BCUT2D eigenvalue weighted by Gasteiger charge is -2.01. The van der Waals surface area contributed by atoms with Crippen LogP contribution in [-0.4, -0.2) is 23.8 Å². The van der Waals surface area contributed by atoms with Crippen molar-refractivity contribution in [3.8, 4) is 0 Å². The molecule has 0 fully saturated rings. The van der Waals surface area contributed by atoms with Crippen molar-refractivity contribution in [2.45, 2.75) is 19.7 Å². The van der Waals surface area contributed by atoms with Gasteiger partial charge < -0.3 is 4.79 Å². The third kappa shape index (κ3) is 7.27. The maximum Gasteiger partial charge on any atom is 0.219 e. The molecule has 1 aromatic carbocycles. The molecule has 0 saturated carbocycles. The predicted molar refractivity (Wildman–Crippen MR) is 96.5 cm³/mol. The molecule has 0 spiro atoms. The maximum atomic E-state index is 11.9. The van der Waals surface area contributed by atoms with Gasteiger partial charge in [0.1, 0.15) is 5.68 Å². The van der Waals surface area contributed by atoms with Gasteiger partial charge in [0.05, 0.1) is 0 Å². The van der Waals surface area contributed by atoms with E-state index < -0.39 is 0 Å². The summed E-state index contributed by atoms with van der Waals surface area (Å²) >= 11 is 1.29. The van der Waals surface area contributed by atoms with Crippen molar-refractivity contribution in [2.75, 3.05) is 5.75 Å². The molecule has 22 heavy (non-hydrogen) atoms. The lowest BCUT2D eigenvalue weighted by Crippen LogP contribution is -2.10. The topological polar surface area (TPSA) is 34.1 Å². The molecular weight excluding hydrogens is 291 g/mol. The number of carbonyl (C=O) groups excluding carboxylic acids is 2. The van der Waals surface area contributed by atoms with E-state index in [2.05, 4.69) is 6.58 Å². The second-order valence-electron chi connectivity index (χ2n) is 4.62. The van der Waals surface area contributed by atoms with Crippen LogP contribution in [0.15, 0.2) is 66.8 Å². The summed E-state index contributed by atoms with van der Waals surface area (Å²) in [4.78, 5) is 23.6. The van der Waals surface area contributed by atoms with E-state index in [0.29, 0.717) is 17.6 Å². The molecule has 0 saturated heterocycles. The first-order chi connectivity index (χ1) is 10.6. The number of thioether (sulfide) groups is 1. The Morgan fingerprint density at radius 3 is 2.64 bits per heavy atom. The molecule has 113 valence electrons. The SMILES string of the molecule is C=C(/C=C\C=C/C)C(=O)[B]CCCSC(=O)c1ccccc1. The van der Waals surface area contributed by atoms with E-state index in [9.17, 15) is 9.59 Å². The highest BCUT2D eigenvalue weighted by Gasteiger charge is 2.08. The van der Waals surface area contributed by atoms with Crippen LogP contribution < -0.4 is 0 Å². The lowest BCUT2D eigenvalue weighted by atomic mass is 9.66. The number of allylic oxidation sites excluding steroid dienone is 5. The van der Waals surface area contributed by atoms with Crippen LogP contribution in [0.1, 0.15) is 23.7 Å². The predicted octanol–water partition coefficient (Wildman–Crippen LogP) is 4.29. The molecule has 0 aliphatic carbocycles. The molecule has 0 aliphatic heterocycles. The quantitative estimate of drug-likeness (QED) is 0.295. The molecular formula is C18H20BO2S. The van der Waals surface area contributed by atoms with Crippen molar-refractivity contribution in [3.63, 3.8) is 0 Å². The van der Waals surface area contributed by atoms with Crippen LogP contribution in [0.2, 0.25) is 6.32 Å². The number of hydrogen-bond acceptors (Lipinski definition) is 3. The molecule has 0 aromatic heterocycles. The van der Waals surface area contributed by atoms with Gasteiger partial charge in [-0.2, -0.15) is 0 Å². The van der Waals surface area contributed by atoms with Crippen LogP contribution in [0.3, 0.4) is 0 Å². The van der Waals surface area contributed by atoms with Crippen molar-refractivity contribution < 1.29 is 9.59 Å². The average molecular weight is 311 g/mol. The summed E-state index contributed by atoms with van der Waals surface area (Å²) in [5.74, 6) is 0.707. The van der Waals surface area contributed by atoms with Crippen molar-refractivity contribution in [2.24, 2.45) is 0 Å². The Labute approximate surface area is 137 Å². The van der Waals surface area contributed by atoms with Crippen molar-refractivity contribution in [1.82, 2.24) is 0 Å². The number of carbonyl (C=O) groups is 2. The standard InChI is InChI=1S/C18H20BO2S/c1-3-4-6-10-15(2)17(20)19-13-9-14-22-18(21)16-11-7-5-8-12-16/h3-8,10-12H,2,9,13-14H2,1H3/b4-3-,10-6-. The summed E-state index contributed by atoms with van der Waals surface area (Å²) in [6.45, 7) is 5.64. The van der Waals surface area contributed by atoms with E-state index in [0.717, 1.165) is 12.0 Å². The highest BCUT2D eigenvalue weighted by atomic mass is 32.2. The molecule has 0 N–H and O–H groups in total. The zero-order chi connectivity index (χ0) is 16.2. The van der Waals surface area contributed by atoms with Crippen LogP contribution >= 0.6 is 11.8 Å². The first-order valence-corrected chi connectivity index (χ1v) is 8.21. The van der Waals surface area contributed by atoms with E-state index in [4.69, 9.17) is 0 Å². The second kappa shape index (κ2) is 10.9. The Morgan fingerprint density at radius 1 is 1.23 bits per heavy atom. The Hall–Kier alpha value is -1.81. The zero-order valence-corrected chi connectivity index (χ0v) is 13.6. The molecule has 0 amide bonds. The minimum Gasteiger partial charge on any atom is -0.307 e. The van der Waals surface area contributed by atoms with Crippen LogP contribution in [0.5, 0.6) is 0 Å². The Bertz CT molecular complexity index is 562. The molecule has 2 nitrogen and oxygen atoms in total. The van der Waals surface area contributed by atoms with Crippen molar-refractivity contribution in [3.05, 3.63) is 72.4 Å². The Balaban J connectivity index is 2.19. The van der Waals surface area contributed by atoms with E-state index >= 15 is 0 Å². The fraction of sp³-hybridized carbons (Fsp3) is 0.222. The third-order valence-electron chi connectivity index (χ3n) is 2.84. The molecule has 0 heterocycles. The van der Waals surface area contributed by atoms with Gasteiger partial charge in [0.25, 0.3) is 0 Å². The van der Waals surface area contributed by atoms with E-state index in [-0.39, 0.29) is 10.8 Å². The van der Waals surface area contributed by atoms with Gasteiger partial charge in [-0.3, -0.25) is 4.79 Å². The Kier molecular flexibility index (Phi) is 9.00. The lowest BCUT2D eigenvalue weighted by molar-refractivity contribution is -0.108. The second-order valence-corrected chi connectivity index (χ2v) is 5.69. The number of rotatable bonds is 9. The first-order valence-electron chi connectivity index (χ1n) is 7.23. The van der Waals surface area contributed by atoms with Gasteiger partial charge in [0.2, 0.25) is 12.4 Å². The van der Waals surface area contributed by atoms with E-state index in [1.807, 2.05) is 49.4 Å². The molecule has 1 radical (unpaired) electrons. The summed E-state index contributed by atoms with van der Waals surface area (Å²) in [6.07, 6.45) is 8.68. The van der Waals surface area contributed by atoms with Gasteiger partial charge in [-0.25, -0.2) is 0 Å². The maximum absolute atomic E-state index is 11.9. The molecule has 1 aromatic rings. The van der Waals surface area contributed by atoms with Gasteiger partial charge in [0.15, 0.2) is 0 Å². The normalized spacial score (nSPS) is 11.0. The first kappa shape index (κ1) is 18.2. The molecule has 0 bridgehead atoms. The van der Waals surface area contributed by atoms with Crippen LogP contribution in [-0.2, 0) is 4.79 Å². The summed E-state index contributed by atoms with van der Waals surface area (Å²) in [5.41, 5.74) is 1.14. The van der Waals surface area contributed by atoms with Gasteiger partial charge >= 0.3 is 0 Å². The highest BCUT2D eigenvalue weighted by Crippen LogP contribution is 2.14. The number of hydrogen-bond donors (Lipinski definition) is 0. The van der Waals surface area contributed by atoms with Gasteiger partial charge in [-0.15, -0.1) is 0 Å². The summed E-state index contributed by atoms with van der Waals surface area (Å²) in [7, 11) is 1.63. The zero-order valence-electron chi connectivity index (χ0n) is 12.8. The van der Waals surface area contributed by atoms with Gasteiger partial charge in [0, 0.05) is 11.3 Å². The van der Waals surface area contributed by atoms with Crippen LogP contribution in [0.25, 0.3) is 0 Å². The van der Waals surface area contributed by atoms with E-state index in [1.165, 1.54) is 11.8 Å². The fourth-order valence-corrected chi connectivity index (χ4v) is 2.43. The number of benzene rings is 1. The van der Waals surface area contributed by atoms with Gasteiger partial charge in [-0.1, -0.05) is 85.7 Å². The molecule has 0 atom stereocenters. The monoisotopic (exact) mass is 311 g/mol. The molecule has 0 aliphatic rings. The smallest absolute Gasteiger partial charge is 0.219 e. The molecule has 1 rings (SSSR count). The summed E-state index contributed by atoms with van der Waals surface area (Å²) < 4.78 is 0. The third-order valence-corrected chi connectivity index (χ3v) is 3.83. The van der Waals surface area contributed by atoms with E-state index in [1.54, 1.807) is 19.4 Å². The highest BCUT2D eigenvalue weighted by molar-refractivity contribution is 8.14. The molecule has 0 unspecified atom stereocenters. The van der Waals surface area contributed by atoms with Crippen molar-refractivity contribution >= 4 is 29.8 Å². The molecule has 4 heteroatoms. The minimum atomic E-state index is -0.0554. The Morgan fingerprint density at radius 2 is 1.95 bits per heavy atom. The van der Waals surface area contributed by atoms with Crippen LogP contribution in [0.4, 0.5) is 0 Å². The van der Waals surface area contributed by atoms with Crippen molar-refractivity contribution in [1.29, 1.82) is 0 Å². The minimum absolute atomic E-state index is 0.0554. The summed E-state index contributed by atoms with van der Waals surface area (Å²) in [6, 6.07) is 9.22. The average Bonchev–Trinajstić information content (AvgIpc) is 2.55. The van der Waals surface area contributed by atoms with Gasteiger partial charge in [-0.05, 0) is 12.5 Å². The van der Waals surface area contributed by atoms with Crippen LogP contribution in [0, 0.1) is 0 Å². The summed E-state index contributed by atoms with van der Waals surface area (Å²) in [5, 5.41) is 0.0747.